The number of esters is 1. The van der Waals surface area contributed by atoms with Crippen molar-refractivity contribution < 1.29 is 14.5 Å². The van der Waals surface area contributed by atoms with E-state index in [9.17, 15) is 14.9 Å². The standard InChI is InChI=1S/C11H12ClN3O4S/c1-19-10(16)4-5-13-11(20)14-7-2-3-8(12)9(6-7)15(17)18/h2-3,6H,4-5H2,1H3,(H2,13,14,20). The maximum absolute atomic E-state index is 10.9. The highest BCUT2D eigenvalue weighted by Crippen LogP contribution is 2.27. The van der Waals surface area contributed by atoms with Crippen LogP contribution in [0, 0.1) is 10.1 Å². The molecule has 20 heavy (non-hydrogen) atoms. The summed E-state index contributed by atoms with van der Waals surface area (Å²) in [4.78, 5) is 21.0. The third-order valence-electron chi connectivity index (χ3n) is 2.24. The summed E-state index contributed by atoms with van der Waals surface area (Å²) in [5.41, 5.74) is 0.214. The van der Waals surface area contributed by atoms with Gasteiger partial charge in [-0.1, -0.05) is 11.6 Å². The van der Waals surface area contributed by atoms with Crippen LogP contribution in [-0.4, -0.2) is 29.7 Å². The third kappa shape index (κ3) is 4.98. The van der Waals surface area contributed by atoms with E-state index in [1.807, 2.05) is 0 Å². The number of ether oxygens (including phenoxy) is 1. The van der Waals surface area contributed by atoms with E-state index in [1.54, 1.807) is 6.07 Å². The maximum atomic E-state index is 10.9. The molecule has 1 aromatic rings. The predicted octanol–water partition coefficient (Wildman–Crippen LogP) is 2.10. The molecule has 0 unspecified atom stereocenters. The number of carbonyl (C=O) groups is 1. The summed E-state index contributed by atoms with van der Waals surface area (Å²) in [5, 5.41) is 16.6. The highest BCUT2D eigenvalue weighted by Gasteiger charge is 2.13. The third-order valence-corrected chi connectivity index (χ3v) is 2.81. The van der Waals surface area contributed by atoms with Crippen molar-refractivity contribution in [1.29, 1.82) is 0 Å². The van der Waals surface area contributed by atoms with E-state index in [-0.39, 0.29) is 28.2 Å². The minimum absolute atomic E-state index is 0.0464. The quantitative estimate of drug-likeness (QED) is 0.372. The first-order chi connectivity index (χ1) is 9.43. The molecule has 0 spiro atoms. The molecule has 0 atom stereocenters. The van der Waals surface area contributed by atoms with E-state index < -0.39 is 4.92 Å². The van der Waals surface area contributed by atoms with Gasteiger partial charge < -0.3 is 15.4 Å². The molecule has 0 aromatic heterocycles. The molecule has 0 radical (unpaired) electrons. The number of methoxy groups -OCH3 is 1. The molecular weight excluding hydrogens is 306 g/mol. The smallest absolute Gasteiger partial charge is 0.307 e. The second-order valence-corrected chi connectivity index (χ2v) is 4.45. The molecule has 0 bridgehead atoms. The van der Waals surface area contributed by atoms with Crippen molar-refractivity contribution in [2.75, 3.05) is 19.0 Å². The van der Waals surface area contributed by atoms with Crippen molar-refractivity contribution in [3.8, 4) is 0 Å². The summed E-state index contributed by atoms with van der Waals surface area (Å²) in [6, 6.07) is 4.24. The van der Waals surface area contributed by atoms with Crippen molar-refractivity contribution in [3.63, 3.8) is 0 Å². The van der Waals surface area contributed by atoms with E-state index in [0.29, 0.717) is 12.2 Å². The SMILES string of the molecule is COC(=O)CCNC(=S)Nc1ccc(Cl)c([N+](=O)[O-])c1. The van der Waals surface area contributed by atoms with Gasteiger partial charge in [0.1, 0.15) is 5.02 Å². The van der Waals surface area contributed by atoms with Gasteiger partial charge in [0.15, 0.2) is 5.11 Å². The predicted molar refractivity (Wildman–Crippen MR) is 79.0 cm³/mol. The van der Waals surface area contributed by atoms with Crippen molar-refractivity contribution in [2.24, 2.45) is 0 Å². The van der Waals surface area contributed by atoms with Crippen LogP contribution in [0.2, 0.25) is 5.02 Å². The molecule has 0 amide bonds. The van der Waals surface area contributed by atoms with Crippen LogP contribution in [-0.2, 0) is 9.53 Å². The topological polar surface area (TPSA) is 93.5 Å². The van der Waals surface area contributed by atoms with Crippen LogP contribution >= 0.6 is 23.8 Å². The molecule has 0 heterocycles. The number of halogens is 1. The maximum Gasteiger partial charge on any atom is 0.307 e. The van der Waals surface area contributed by atoms with Gasteiger partial charge in [-0.05, 0) is 24.4 Å². The monoisotopic (exact) mass is 317 g/mol. The van der Waals surface area contributed by atoms with Gasteiger partial charge in [-0.2, -0.15) is 0 Å². The Morgan fingerprint density at radius 1 is 1.55 bits per heavy atom. The molecule has 2 N–H and O–H groups in total. The Bertz CT molecular complexity index is 538. The lowest BCUT2D eigenvalue weighted by Gasteiger charge is -2.10. The van der Waals surface area contributed by atoms with Crippen molar-refractivity contribution in [2.45, 2.75) is 6.42 Å². The van der Waals surface area contributed by atoms with E-state index in [0.717, 1.165) is 0 Å². The Kier molecular flexibility index (Phi) is 6.13. The first kappa shape index (κ1) is 16.1. The molecule has 0 aliphatic carbocycles. The normalized spacial score (nSPS) is 9.70. The first-order valence-corrected chi connectivity index (χ1v) is 6.28. The van der Waals surface area contributed by atoms with Gasteiger partial charge >= 0.3 is 5.97 Å². The molecule has 108 valence electrons. The highest BCUT2D eigenvalue weighted by molar-refractivity contribution is 7.80. The summed E-state index contributed by atoms with van der Waals surface area (Å²) < 4.78 is 4.47. The number of rotatable bonds is 5. The lowest BCUT2D eigenvalue weighted by atomic mass is 10.3. The number of thiocarbonyl (C=S) groups is 1. The fraction of sp³-hybridized carbons (Fsp3) is 0.273. The van der Waals surface area contributed by atoms with E-state index in [1.165, 1.54) is 19.2 Å². The molecule has 0 aliphatic heterocycles. The van der Waals surface area contributed by atoms with Gasteiger partial charge in [-0.25, -0.2) is 0 Å². The van der Waals surface area contributed by atoms with E-state index in [4.69, 9.17) is 23.8 Å². The van der Waals surface area contributed by atoms with Crippen LogP contribution in [0.3, 0.4) is 0 Å². The second-order valence-electron chi connectivity index (χ2n) is 3.63. The van der Waals surface area contributed by atoms with Crippen molar-refractivity contribution >= 4 is 46.3 Å². The van der Waals surface area contributed by atoms with E-state index in [2.05, 4.69) is 15.4 Å². The van der Waals surface area contributed by atoms with Gasteiger partial charge in [0.2, 0.25) is 0 Å². The highest BCUT2D eigenvalue weighted by atomic mass is 35.5. The number of benzene rings is 1. The van der Waals surface area contributed by atoms with Gasteiger partial charge in [-0.3, -0.25) is 14.9 Å². The average molecular weight is 318 g/mol. The zero-order valence-corrected chi connectivity index (χ0v) is 12.1. The second kappa shape index (κ2) is 7.61. The van der Waals surface area contributed by atoms with Crippen LogP contribution in [0.1, 0.15) is 6.42 Å². The molecule has 0 saturated carbocycles. The molecule has 9 heteroatoms. The first-order valence-electron chi connectivity index (χ1n) is 5.49. The molecule has 1 aromatic carbocycles. The number of nitrogens with zero attached hydrogens (tertiary/aromatic N) is 1. The van der Waals surface area contributed by atoms with Crippen molar-refractivity contribution in [3.05, 3.63) is 33.3 Å². The van der Waals surface area contributed by atoms with Gasteiger partial charge in [0, 0.05) is 18.3 Å². The van der Waals surface area contributed by atoms with Crippen LogP contribution in [0.5, 0.6) is 0 Å². The summed E-state index contributed by atoms with van der Waals surface area (Å²) >= 11 is 10.7. The number of hydrogen-bond acceptors (Lipinski definition) is 5. The van der Waals surface area contributed by atoms with Crippen LogP contribution in [0.15, 0.2) is 18.2 Å². The summed E-state index contributed by atoms with van der Waals surface area (Å²) in [6.45, 7) is 0.300. The summed E-state index contributed by atoms with van der Waals surface area (Å²) in [5.74, 6) is -0.359. The van der Waals surface area contributed by atoms with Crippen LogP contribution in [0.4, 0.5) is 11.4 Å². The Morgan fingerprint density at radius 3 is 2.85 bits per heavy atom. The van der Waals surface area contributed by atoms with Gasteiger partial charge in [-0.15, -0.1) is 0 Å². The number of carbonyl (C=O) groups excluding carboxylic acids is 1. The number of nitrogens with one attached hydrogen (secondary N) is 2. The van der Waals surface area contributed by atoms with Crippen molar-refractivity contribution in [1.82, 2.24) is 5.32 Å². The number of hydrogen-bond donors (Lipinski definition) is 2. The van der Waals surface area contributed by atoms with Gasteiger partial charge in [0.25, 0.3) is 5.69 Å². The fourth-order valence-corrected chi connectivity index (χ4v) is 1.69. The number of anilines is 1. The zero-order chi connectivity index (χ0) is 15.1. The lowest BCUT2D eigenvalue weighted by molar-refractivity contribution is -0.384. The Hall–Kier alpha value is -1.93. The molecule has 1 rings (SSSR count). The summed E-state index contributed by atoms with van der Waals surface area (Å²) in [7, 11) is 1.30. The molecule has 0 fully saturated rings. The molecule has 0 aliphatic rings. The number of nitro benzene ring substituents is 1. The minimum Gasteiger partial charge on any atom is -0.469 e. The Labute approximate surface area is 125 Å². The fourth-order valence-electron chi connectivity index (χ4n) is 1.29. The Balaban J connectivity index is 2.56. The molecular formula is C11H12ClN3O4S. The van der Waals surface area contributed by atoms with Gasteiger partial charge in [0.05, 0.1) is 18.5 Å². The number of nitro groups is 1. The van der Waals surface area contributed by atoms with Crippen LogP contribution < -0.4 is 10.6 Å². The average Bonchev–Trinajstić information content (AvgIpc) is 2.40. The van der Waals surface area contributed by atoms with Crippen LogP contribution in [0.25, 0.3) is 0 Å². The lowest BCUT2D eigenvalue weighted by Crippen LogP contribution is -2.30. The molecule has 7 nitrogen and oxygen atoms in total. The largest absolute Gasteiger partial charge is 0.469 e. The zero-order valence-electron chi connectivity index (χ0n) is 10.5. The molecule has 0 saturated heterocycles. The van der Waals surface area contributed by atoms with E-state index >= 15 is 0 Å². The Morgan fingerprint density at radius 2 is 2.25 bits per heavy atom. The summed E-state index contributed by atoms with van der Waals surface area (Å²) in [6.07, 6.45) is 0.166. The minimum atomic E-state index is -0.582.